The Morgan fingerprint density at radius 3 is 2.96 bits per heavy atom. The Balaban J connectivity index is 1.62. The molecule has 2 saturated heterocycles. The number of nitrogens with zero attached hydrogens (tertiary/aromatic N) is 4. The topological polar surface area (TPSA) is 74.4 Å². The molecule has 1 aromatic rings. The largest absolute Gasteiger partial charge is 0.383 e. The van der Waals surface area contributed by atoms with Crippen LogP contribution in [0, 0.1) is 5.41 Å². The van der Waals surface area contributed by atoms with Crippen LogP contribution in [0.15, 0.2) is 0 Å². The van der Waals surface area contributed by atoms with Gasteiger partial charge in [-0.2, -0.15) is 5.10 Å². The molecular formula is C17H29N5O2. The van der Waals surface area contributed by atoms with Gasteiger partial charge < -0.3 is 9.64 Å². The van der Waals surface area contributed by atoms with E-state index in [1.807, 2.05) is 4.90 Å². The van der Waals surface area contributed by atoms with Gasteiger partial charge in [-0.25, -0.2) is 4.98 Å². The molecule has 0 bridgehead atoms. The zero-order valence-corrected chi connectivity index (χ0v) is 14.9. The van der Waals surface area contributed by atoms with E-state index in [-0.39, 0.29) is 11.3 Å². The SMILES string of the molecule is CCc1n[nH]c(CN2CCC[C@]3(CCC(=O)N(CCOC)C3)C2)n1. The third-order valence-electron chi connectivity index (χ3n) is 5.32. The lowest BCUT2D eigenvalue weighted by Gasteiger charge is -2.48. The van der Waals surface area contributed by atoms with E-state index in [1.165, 1.54) is 12.8 Å². The second kappa shape index (κ2) is 7.61. The normalized spacial score (nSPS) is 25.6. The second-order valence-corrected chi connectivity index (χ2v) is 7.17. The first-order valence-corrected chi connectivity index (χ1v) is 9.03. The average molecular weight is 335 g/mol. The second-order valence-electron chi connectivity index (χ2n) is 7.17. The fraction of sp³-hybridized carbons (Fsp3) is 0.824. The van der Waals surface area contributed by atoms with Crippen molar-refractivity contribution in [2.45, 2.75) is 45.6 Å². The summed E-state index contributed by atoms with van der Waals surface area (Å²) < 4.78 is 5.16. The highest BCUT2D eigenvalue weighted by Crippen LogP contribution is 2.39. The van der Waals surface area contributed by atoms with Crippen LogP contribution in [0.4, 0.5) is 0 Å². The maximum Gasteiger partial charge on any atom is 0.222 e. The number of rotatable bonds is 6. The highest BCUT2D eigenvalue weighted by molar-refractivity contribution is 5.77. The standard InChI is InChI=1S/C17H29N5O2/c1-3-14-18-15(20-19-14)11-21-8-4-6-17(12-21)7-5-16(23)22(13-17)9-10-24-2/h3-13H2,1-2H3,(H,18,19,20)/t17-/m0/s1. The first-order chi connectivity index (χ1) is 11.6. The van der Waals surface area contributed by atoms with Crippen LogP contribution in [-0.2, 0) is 22.5 Å². The fourth-order valence-electron chi connectivity index (χ4n) is 4.06. The Labute approximate surface area is 143 Å². The molecule has 134 valence electrons. The minimum absolute atomic E-state index is 0.230. The molecule has 7 nitrogen and oxygen atoms in total. The molecule has 2 aliphatic rings. The van der Waals surface area contributed by atoms with Crippen molar-refractivity contribution in [2.75, 3.05) is 39.9 Å². The van der Waals surface area contributed by atoms with Gasteiger partial charge in [-0.05, 0) is 25.8 Å². The Morgan fingerprint density at radius 2 is 2.21 bits per heavy atom. The predicted molar refractivity (Wildman–Crippen MR) is 90.4 cm³/mol. The van der Waals surface area contributed by atoms with Gasteiger partial charge in [0.15, 0.2) is 0 Å². The van der Waals surface area contributed by atoms with Crippen LogP contribution in [0.1, 0.15) is 44.3 Å². The van der Waals surface area contributed by atoms with E-state index in [0.717, 1.165) is 50.7 Å². The van der Waals surface area contributed by atoms with Gasteiger partial charge in [0.25, 0.3) is 0 Å². The van der Waals surface area contributed by atoms with Crippen LogP contribution < -0.4 is 0 Å². The molecule has 24 heavy (non-hydrogen) atoms. The maximum atomic E-state index is 12.2. The van der Waals surface area contributed by atoms with Crippen LogP contribution in [-0.4, -0.2) is 70.8 Å². The summed E-state index contributed by atoms with van der Waals surface area (Å²) in [5.74, 6) is 2.11. The molecule has 1 spiro atoms. The summed E-state index contributed by atoms with van der Waals surface area (Å²) in [5.41, 5.74) is 0.230. The molecule has 3 heterocycles. The van der Waals surface area contributed by atoms with Crippen LogP contribution in [0.3, 0.4) is 0 Å². The van der Waals surface area contributed by atoms with Gasteiger partial charge in [0.1, 0.15) is 11.6 Å². The van der Waals surface area contributed by atoms with E-state index < -0.39 is 0 Å². The molecule has 0 unspecified atom stereocenters. The van der Waals surface area contributed by atoms with Crippen molar-refractivity contribution < 1.29 is 9.53 Å². The van der Waals surface area contributed by atoms with E-state index in [0.29, 0.717) is 19.6 Å². The monoisotopic (exact) mass is 335 g/mol. The summed E-state index contributed by atoms with van der Waals surface area (Å²) >= 11 is 0. The zero-order chi connectivity index (χ0) is 17.0. The molecule has 3 rings (SSSR count). The Morgan fingerprint density at radius 1 is 1.33 bits per heavy atom. The average Bonchev–Trinajstić information content (AvgIpc) is 3.04. The van der Waals surface area contributed by atoms with Gasteiger partial charge in [-0.1, -0.05) is 6.92 Å². The molecule has 1 amide bonds. The minimum Gasteiger partial charge on any atom is -0.383 e. The lowest BCUT2D eigenvalue weighted by Crippen LogP contribution is -2.54. The molecule has 1 N–H and O–H groups in total. The molecular weight excluding hydrogens is 306 g/mol. The zero-order valence-electron chi connectivity index (χ0n) is 14.9. The number of amides is 1. The number of methoxy groups -OCH3 is 1. The molecule has 2 aliphatic heterocycles. The number of likely N-dealkylation sites (tertiary alicyclic amines) is 2. The lowest BCUT2D eigenvalue weighted by atomic mass is 9.73. The molecule has 1 aromatic heterocycles. The highest BCUT2D eigenvalue weighted by Gasteiger charge is 2.41. The van der Waals surface area contributed by atoms with Gasteiger partial charge in [0.05, 0.1) is 13.2 Å². The van der Waals surface area contributed by atoms with Gasteiger partial charge in [0, 0.05) is 45.0 Å². The number of aromatic amines is 1. The summed E-state index contributed by atoms with van der Waals surface area (Å²) in [5, 5.41) is 7.29. The Kier molecular flexibility index (Phi) is 5.50. The van der Waals surface area contributed by atoms with Crippen LogP contribution >= 0.6 is 0 Å². The van der Waals surface area contributed by atoms with Crippen LogP contribution in [0.25, 0.3) is 0 Å². The van der Waals surface area contributed by atoms with Crippen molar-refractivity contribution in [1.29, 1.82) is 0 Å². The summed E-state index contributed by atoms with van der Waals surface area (Å²) in [6, 6.07) is 0. The molecule has 0 radical (unpaired) electrons. The van der Waals surface area contributed by atoms with E-state index in [2.05, 4.69) is 27.0 Å². The minimum atomic E-state index is 0.230. The van der Waals surface area contributed by atoms with Crippen molar-refractivity contribution in [2.24, 2.45) is 5.41 Å². The summed E-state index contributed by atoms with van der Waals surface area (Å²) in [6.45, 7) is 7.20. The number of aromatic nitrogens is 3. The predicted octanol–water partition coefficient (Wildman–Crippen LogP) is 1.22. The van der Waals surface area contributed by atoms with Gasteiger partial charge in [-0.3, -0.25) is 14.8 Å². The van der Waals surface area contributed by atoms with Gasteiger partial charge >= 0.3 is 0 Å². The molecule has 7 heteroatoms. The van der Waals surface area contributed by atoms with Crippen LogP contribution in [0.2, 0.25) is 0 Å². The summed E-state index contributed by atoms with van der Waals surface area (Å²) in [4.78, 5) is 21.2. The molecule has 2 fully saturated rings. The smallest absolute Gasteiger partial charge is 0.222 e. The number of H-pyrrole nitrogens is 1. The third-order valence-corrected chi connectivity index (χ3v) is 5.32. The van der Waals surface area contributed by atoms with Crippen LogP contribution in [0.5, 0.6) is 0 Å². The van der Waals surface area contributed by atoms with Crippen molar-refractivity contribution in [3.63, 3.8) is 0 Å². The fourth-order valence-corrected chi connectivity index (χ4v) is 4.06. The number of carbonyl (C=O) groups is 1. The van der Waals surface area contributed by atoms with Crippen molar-refractivity contribution in [3.8, 4) is 0 Å². The number of hydrogen-bond donors (Lipinski definition) is 1. The molecule has 0 saturated carbocycles. The van der Waals surface area contributed by atoms with Gasteiger partial charge in [0.2, 0.25) is 5.91 Å². The van der Waals surface area contributed by atoms with E-state index in [9.17, 15) is 4.79 Å². The number of hydrogen-bond acceptors (Lipinski definition) is 5. The molecule has 0 aliphatic carbocycles. The quantitative estimate of drug-likeness (QED) is 0.846. The maximum absolute atomic E-state index is 12.2. The molecule has 0 aromatic carbocycles. The number of nitrogens with one attached hydrogen (secondary N) is 1. The number of ether oxygens (including phenoxy) is 1. The van der Waals surface area contributed by atoms with Crippen molar-refractivity contribution >= 4 is 5.91 Å². The van der Waals surface area contributed by atoms with E-state index in [4.69, 9.17) is 4.74 Å². The summed E-state index contributed by atoms with van der Waals surface area (Å²) in [6.07, 6.45) is 4.91. The first-order valence-electron chi connectivity index (χ1n) is 9.03. The number of carbonyl (C=O) groups excluding carboxylic acids is 1. The van der Waals surface area contributed by atoms with Crippen molar-refractivity contribution in [3.05, 3.63) is 11.6 Å². The number of piperidine rings is 2. The molecule has 1 atom stereocenters. The van der Waals surface area contributed by atoms with E-state index in [1.54, 1.807) is 7.11 Å². The van der Waals surface area contributed by atoms with E-state index >= 15 is 0 Å². The number of aryl methyl sites for hydroxylation is 1. The highest BCUT2D eigenvalue weighted by atomic mass is 16.5. The van der Waals surface area contributed by atoms with Crippen molar-refractivity contribution in [1.82, 2.24) is 25.0 Å². The summed E-state index contributed by atoms with van der Waals surface area (Å²) in [7, 11) is 1.69. The van der Waals surface area contributed by atoms with Gasteiger partial charge in [-0.15, -0.1) is 0 Å². The Hall–Kier alpha value is -1.47. The Bertz CT molecular complexity index is 561. The third kappa shape index (κ3) is 3.95. The first kappa shape index (κ1) is 17.4. The lowest BCUT2D eigenvalue weighted by molar-refractivity contribution is -0.140.